The number of amides is 1. The van der Waals surface area contributed by atoms with E-state index in [0.717, 1.165) is 16.8 Å². The molecule has 156 valence electrons. The highest BCUT2D eigenvalue weighted by molar-refractivity contribution is 7.14. The maximum atomic E-state index is 12.3. The first-order valence-electron chi connectivity index (χ1n) is 9.35. The van der Waals surface area contributed by atoms with Crippen LogP contribution in [0.3, 0.4) is 0 Å². The summed E-state index contributed by atoms with van der Waals surface area (Å²) in [5.41, 5.74) is 2.46. The van der Waals surface area contributed by atoms with Gasteiger partial charge in [-0.05, 0) is 30.7 Å². The summed E-state index contributed by atoms with van der Waals surface area (Å²) in [5, 5.41) is 13.4. The molecular formula is C23H19N3O4S. The molecule has 0 saturated carbocycles. The molecule has 3 aromatic rings. The number of ether oxygens (including phenoxy) is 2. The smallest absolute Gasteiger partial charge is 0.331 e. The van der Waals surface area contributed by atoms with E-state index in [1.54, 1.807) is 30.3 Å². The lowest BCUT2D eigenvalue weighted by Gasteiger charge is -2.10. The molecule has 1 heterocycles. The summed E-state index contributed by atoms with van der Waals surface area (Å²) in [6.45, 7) is 1.46. The predicted molar refractivity (Wildman–Crippen MR) is 118 cm³/mol. The number of esters is 1. The van der Waals surface area contributed by atoms with Crippen LogP contribution in [0.15, 0.2) is 66.1 Å². The average Bonchev–Trinajstić information content (AvgIpc) is 3.26. The molecule has 0 fully saturated rings. The van der Waals surface area contributed by atoms with Gasteiger partial charge in [-0.1, -0.05) is 42.5 Å². The Morgan fingerprint density at radius 1 is 1.19 bits per heavy atom. The number of nitrogens with zero attached hydrogens (tertiary/aromatic N) is 2. The van der Waals surface area contributed by atoms with Gasteiger partial charge in [0.25, 0.3) is 5.91 Å². The lowest BCUT2D eigenvalue weighted by molar-refractivity contribution is -0.148. The Balaban J connectivity index is 1.50. The third-order valence-electron chi connectivity index (χ3n) is 4.06. The van der Waals surface area contributed by atoms with E-state index in [1.807, 2.05) is 41.8 Å². The van der Waals surface area contributed by atoms with Gasteiger partial charge in [0.2, 0.25) is 0 Å². The molecule has 0 saturated heterocycles. The molecule has 0 radical (unpaired) electrons. The zero-order valence-corrected chi connectivity index (χ0v) is 17.5. The fourth-order valence-electron chi connectivity index (χ4n) is 2.50. The van der Waals surface area contributed by atoms with Crippen molar-refractivity contribution in [2.24, 2.45) is 0 Å². The summed E-state index contributed by atoms with van der Waals surface area (Å²) in [6, 6.07) is 18.4. The molecule has 0 bridgehead atoms. The van der Waals surface area contributed by atoms with E-state index in [0.29, 0.717) is 10.9 Å². The molecule has 0 spiro atoms. The number of hydrogen-bond donors (Lipinski definition) is 1. The first kappa shape index (κ1) is 21.7. The molecule has 1 aromatic heterocycles. The Bertz CT molecular complexity index is 1100. The number of thiazole rings is 1. The Hall–Kier alpha value is -3.96. The fourth-order valence-corrected chi connectivity index (χ4v) is 3.22. The highest BCUT2D eigenvalue weighted by Crippen LogP contribution is 2.24. The van der Waals surface area contributed by atoms with E-state index < -0.39 is 18.0 Å². The second kappa shape index (κ2) is 10.7. The number of carbonyl (C=O) groups excluding carboxylic acids is 2. The van der Waals surface area contributed by atoms with Crippen molar-refractivity contribution in [3.8, 4) is 23.1 Å². The van der Waals surface area contributed by atoms with E-state index in [1.165, 1.54) is 24.3 Å². The van der Waals surface area contributed by atoms with Crippen LogP contribution in [0.2, 0.25) is 0 Å². The second-order valence-corrected chi connectivity index (χ2v) is 7.18. The molecular weight excluding hydrogens is 414 g/mol. The summed E-state index contributed by atoms with van der Waals surface area (Å²) < 4.78 is 10.3. The first-order valence-corrected chi connectivity index (χ1v) is 10.2. The van der Waals surface area contributed by atoms with E-state index in [4.69, 9.17) is 14.7 Å². The third-order valence-corrected chi connectivity index (χ3v) is 4.82. The Morgan fingerprint density at radius 3 is 2.65 bits per heavy atom. The number of hydrogen-bond acceptors (Lipinski definition) is 7. The van der Waals surface area contributed by atoms with E-state index in [-0.39, 0.29) is 6.61 Å². The summed E-state index contributed by atoms with van der Waals surface area (Å²) in [4.78, 5) is 28.7. The summed E-state index contributed by atoms with van der Waals surface area (Å²) in [7, 11) is 0. The minimum Gasteiger partial charge on any atom is -0.479 e. The van der Waals surface area contributed by atoms with Crippen LogP contribution in [-0.2, 0) is 14.3 Å². The topological polar surface area (TPSA) is 101 Å². The standard InChI is InChI=1S/C23H19N3O4S/c1-16(22(28)26-23-25-20(15-31-23)18-5-3-2-4-6-18)30-21(27)12-9-17-7-10-19(11-8-17)29-14-13-24/h2-12,15-16H,14H2,1H3,(H,25,26,28)/b12-9+. The van der Waals surface area contributed by atoms with Crippen LogP contribution < -0.4 is 10.1 Å². The van der Waals surface area contributed by atoms with Gasteiger partial charge in [0.05, 0.1) is 5.69 Å². The van der Waals surface area contributed by atoms with Crippen molar-refractivity contribution in [3.05, 3.63) is 71.6 Å². The number of rotatable bonds is 8. The molecule has 1 atom stereocenters. The van der Waals surface area contributed by atoms with Crippen molar-refractivity contribution in [1.29, 1.82) is 5.26 Å². The quantitative estimate of drug-likeness (QED) is 0.420. The summed E-state index contributed by atoms with van der Waals surface area (Å²) in [5.74, 6) is -0.546. The molecule has 2 aromatic carbocycles. The van der Waals surface area contributed by atoms with Crippen LogP contribution in [0, 0.1) is 11.3 Å². The normalized spacial score (nSPS) is 11.5. The van der Waals surface area contributed by atoms with Crippen LogP contribution in [-0.4, -0.2) is 29.6 Å². The van der Waals surface area contributed by atoms with Gasteiger partial charge in [0.15, 0.2) is 17.8 Å². The molecule has 1 N–H and O–H groups in total. The van der Waals surface area contributed by atoms with Crippen molar-refractivity contribution in [3.63, 3.8) is 0 Å². The zero-order chi connectivity index (χ0) is 22.1. The molecule has 0 aliphatic rings. The summed E-state index contributed by atoms with van der Waals surface area (Å²) in [6.07, 6.45) is 1.82. The van der Waals surface area contributed by atoms with Crippen LogP contribution in [0.25, 0.3) is 17.3 Å². The lowest BCUT2D eigenvalue weighted by Crippen LogP contribution is -2.29. The Labute approximate surface area is 183 Å². The van der Waals surface area contributed by atoms with E-state index >= 15 is 0 Å². The average molecular weight is 433 g/mol. The number of carbonyl (C=O) groups is 2. The molecule has 0 aliphatic heterocycles. The molecule has 31 heavy (non-hydrogen) atoms. The SMILES string of the molecule is CC(OC(=O)/C=C/c1ccc(OCC#N)cc1)C(=O)Nc1nc(-c2ccccc2)cs1. The molecule has 7 nitrogen and oxygen atoms in total. The molecule has 8 heteroatoms. The van der Waals surface area contributed by atoms with Gasteiger partial charge < -0.3 is 9.47 Å². The summed E-state index contributed by atoms with van der Waals surface area (Å²) >= 11 is 1.30. The Kier molecular flexibility index (Phi) is 7.51. The van der Waals surface area contributed by atoms with Crippen LogP contribution in [0.4, 0.5) is 5.13 Å². The number of aromatic nitrogens is 1. The van der Waals surface area contributed by atoms with Gasteiger partial charge in [-0.2, -0.15) is 5.26 Å². The minimum absolute atomic E-state index is 0.0317. The third kappa shape index (κ3) is 6.52. The largest absolute Gasteiger partial charge is 0.479 e. The molecule has 3 rings (SSSR count). The number of nitrogens with one attached hydrogen (secondary N) is 1. The van der Waals surface area contributed by atoms with Gasteiger partial charge >= 0.3 is 5.97 Å². The van der Waals surface area contributed by atoms with Crippen LogP contribution >= 0.6 is 11.3 Å². The van der Waals surface area contributed by atoms with Crippen molar-refractivity contribution in [2.45, 2.75) is 13.0 Å². The minimum atomic E-state index is -0.983. The van der Waals surface area contributed by atoms with E-state index in [2.05, 4.69) is 10.3 Å². The van der Waals surface area contributed by atoms with Crippen molar-refractivity contribution < 1.29 is 19.1 Å². The van der Waals surface area contributed by atoms with Gasteiger partial charge in [-0.25, -0.2) is 9.78 Å². The van der Waals surface area contributed by atoms with E-state index in [9.17, 15) is 9.59 Å². The second-order valence-electron chi connectivity index (χ2n) is 6.32. The lowest BCUT2D eigenvalue weighted by atomic mass is 10.2. The van der Waals surface area contributed by atoms with Gasteiger partial charge in [-0.3, -0.25) is 10.1 Å². The van der Waals surface area contributed by atoms with Crippen molar-refractivity contribution in [1.82, 2.24) is 4.98 Å². The monoisotopic (exact) mass is 433 g/mol. The van der Waals surface area contributed by atoms with Gasteiger partial charge in [0, 0.05) is 17.0 Å². The Morgan fingerprint density at radius 2 is 1.94 bits per heavy atom. The molecule has 1 amide bonds. The van der Waals surface area contributed by atoms with Gasteiger partial charge in [0.1, 0.15) is 11.8 Å². The van der Waals surface area contributed by atoms with Crippen LogP contribution in [0.5, 0.6) is 5.75 Å². The number of anilines is 1. The maximum absolute atomic E-state index is 12.3. The fraction of sp³-hybridized carbons (Fsp3) is 0.130. The highest BCUT2D eigenvalue weighted by atomic mass is 32.1. The predicted octanol–water partition coefficient (Wildman–Crippen LogP) is 4.30. The number of benzene rings is 2. The molecule has 0 aliphatic carbocycles. The number of nitriles is 1. The maximum Gasteiger partial charge on any atom is 0.331 e. The van der Waals surface area contributed by atoms with Crippen molar-refractivity contribution in [2.75, 3.05) is 11.9 Å². The zero-order valence-electron chi connectivity index (χ0n) is 16.6. The molecule has 1 unspecified atom stereocenters. The first-order chi connectivity index (χ1) is 15.0. The van der Waals surface area contributed by atoms with Gasteiger partial charge in [-0.15, -0.1) is 11.3 Å². The highest BCUT2D eigenvalue weighted by Gasteiger charge is 2.18. The van der Waals surface area contributed by atoms with Crippen LogP contribution in [0.1, 0.15) is 12.5 Å². The van der Waals surface area contributed by atoms with Crippen molar-refractivity contribution >= 4 is 34.4 Å².